The molecule has 0 spiro atoms. The van der Waals surface area contributed by atoms with Crippen LogP contribution in [0.3, 0.4) is 0 Å². The summed E-state index contributed by atoms with van der Waals surface area (Å²) in [6.45, 7) is 0. The summed E-state index contributed by atoms with van der Waals surface area (Å²) in [5.74, 6) is 1.75. The van der Waals surface area contributed by atoms with Crippen molar-refractivity contribution >= 4 is 15.9 Å². The van der Waals surface area contributed by atoms with Crippen molar-refractivity contribution in [2.24, 2.45) is 0 Å². The van der Waals surface area contributed by atoms with Gasteiger partial charge in [-0.05, 0) is 17.7 Å². The van der Waals surface area contributed by atoms with E-state index in [-0.39, 0.29) is 0 Å². The highest BCUT2D eigenvalue weighted by Crippen LogP contribution is 2.35. The predicted octanol–water partition coefficient (Wildman–Crippen LogP) is 4.27. The number of rotatable bonds is 4. The molecule has 2 nitrogen and oxygen atoms in total. The molecule has 94 valence electrons. The van der Waals surface area contributed by atoms with E-state index >= 15 is 0 Å². The molecule has 0 amide bonds. The summed E-state index contributed by atoms with van der Waals surface area (Å²) in [6, 6.07) is 14.1. The molecule has 0 radical (unpaired) electrons. The van der Waals surface area contributed by atoms with E-state index in [0.717, 1.165) is 33.5 Å². The average Bonchev–Trinajstić information content (AvgIpc) is 2.46. The third kappa shape index (κ3) is 2.51. The van der Waals surface area contributed by atoms with Gasteiger partial charge in [-0.15, -0.1) is 0 Å². The van der Waals surface area contributed by atoms with Crippen molar-refractivity contribution in [3.63, 3.8) is 0 Å². The van der Waals surface area contributed by atoms with Gasteiger partial charge in [0.15, 0.2) is 0 Å². The third-order valence-corrected chi connectivity index (χ3v) is 3.43. The molecule has 0 aliphatic carbocycles. The lowest BCUT2D eigenvalue weighted by molar-refractivity contribution is 0.412. The van der Waals surface area contributed by atoms with Crippen LogP contribution in [0, 0.1) is 0 Å². The fourth-order valence-corrected chi connectivity index (χ4v) is 2.39. The van der Waals surface area contributed by atoms with Gasteiger partial charge in [-0.1, -0.05) is 46.3 Å². The van der Waals surface area contributed by atoms with E-state index in [0.29, 0.717) is 0 Å². The Balaban J connectivity index is 2.55. The smallest absolute Gasteiger partial charge is 0.130 e. The normalized spacial score (nSPS) is 10.2. The molecule has 3 heteroatoms. The van der Waals surface area contributed by atoms with E-state index in [1.54, 1.807) is 14.2 Å². The minimum Gasteiger partial charge on any atom is -0.497 e. The van der Waals surface area contributed by atoms with E-state index in [4.69, 9.17) is 9.47 Å². The molecular weight excluding hydrogens is 292 g/mol. The fraction of sp³-hybridized carbons (Fsp3) is 0.200. The molecule has 0 aliphatic heterocycles. The minimum atomic E-state index is 0.772. The lowest BCUT2D eigenvalue weighted by Crippen LogP contribution is -1.93. The summed E-state index contributed by atoms with van der Waals surface area (Å²) in [4.78, 5) is 0. The van der Waals surface area contributed by atoms with E-state index in [1.807, 2.05) is 24.3 Å². The summed E-state index contributed by atoms with van der Waals surface area (Å²) >= 11 is 3.48. The number of hydrogen-bond donors (Lipinski definition) is 0. The molecule has 0 atom stereocenters. The van der Waals surface area contributed by atoms with E-state index < -0.39 is 0 Å². The molecule has 0 heterocycles. The van der Waals surface area contributed by atoms with Crippen molar-refractivity contribution in [3.8, 4) is 22.6 Å². The highest BCUT2D eigenvalue weighted by molar-refractivity contribution is 9.08. The highest BCUT2D eigenvalue weighted by Gasteiger charge is 2.10. The first kappa shape index (κ1) is 13.0. The molecule has 0 N–H and O–H groups in total. The molecule has 0 saturated carbocycles. The number of para-hydroxylation sites is 1. The first-order valence-corrected chi connectivity index (χ1v) is 6.78. The standard InChI is InChI=1S/C15H15BrO2/c1-17-13-7-3-5-11(9-13)14-8-4-6-12(10-16)15(14)18-2/h3-9H,10H2,1-2H3. The van der Waals surface area contributed by atoms with Crippen LogP contribution in [0.5, 0.6) is 11.5 Å². The Hall–Kier alpha value is -1.48. The van der Waals surface area contributed by atoms with Gasteiger partial charge in [-0.25, -0.2) is 0 Å². The number of methoxy groups -OCH3 is 2. The number of hydrogen-bond acceptors (Lipinski definition) is 2. The Labute approximate surface area is 116 Å². The number of benzene rings is 2. The van der Waals surface area contributed by atoms with Gasteiger partial charge < -0.3 is 9.47 Å². The Morgan fingerprint density at radius 2 is 1.78 bits per heavy atom. The van der Waals surface area contributed by atoms with Crippen LogP contribution in [0.25, 0.3) is 11.1 Å². The maximum absolute atomic E-state index is 5.52. The maximum Gasteiger partial charge on any atom is 0.130 e. The Morgan fingerprint density at radius 1 is 1.00 bits per heavy atom. The summed E-state index contributed by atoms with van der Waals surface area (Å²) in [5, 5.41) is 0.772. The summed E-state index contributed by atoms with van der Waals surface area (Å²) in [7, 11) is 3.37. The van der Waals surface area contributed by atoms with Gasteiger partial charge in [-0.2, -0.15) is 0 Å². The largest absolute Gasteiger partial charge is 0.497 e. The average molecular weight is 307 g/mol. The van der Waals surface area contributed by atoms with Gasteiger partial charge in [0.25, 0.3) is 0 Å². The molecule has 0 fully saturated rings. The second-order valence-electron chi connectivity index (χ2n) is 3.86. The van der Waals surface area contributed by atoms with E-state index in [2.05, 4.69) is 34.1 Å². The first-order valence-electron chi connectivity index (χ1n) is 5.66. The SMILES string of the molecule is COc1cccc(-c2cccc(CBr)c2OC)c1. The van der Waals surface area contributed by atoms with Crippen molar-refractivity contribution in [2.45, 2.75) is 5.33 Å². The lowest BCUT2D eigenvalue weighted by Gasteiger charge is -2.13. The van der Waals surface area contributed by atoms with Gasteiger partial charge in [0.2, 0.25) is 0 Å². The van der Waals surface area contributed by atoms with E-state index in [1.165, 1.54) is 0 Å². The molecule has 2 rings (SSSR count). The van der Waals surface area contributed by atoms with Crippen LogP contribution >= 0.6 is 15.9 Å². The number of ether oxygens (including phenoxy) is 2. The second-order valence-corrected chi connectivity index (χ2v) is 4.42. The predicted molar refractivity (Wildman–Crippen MR) is 77.6 cm³/mol. The van der Waals surface area contributed by atoms with Crippen LogP contribution in [0.4, 0.5) is 0 Å². The topological polar surface area (TPSA) is 18.5 Å². The quantitative estimate of drug-likeness (QED) is 0.786. The fourth-order valence-electron chi connectivity index (χ4n) is 1.95. The minimum absolute atomic E-state index is 0.772. The van der Waals surface area contributed by atoms with Gasteiger partial charge in [-0.3, -0.25) is 0 Å². The van der Waals surface area contributed by atoms with Crippen molar-refractivity contribution in [1.82, 2.24) is 0 Å². The monoisotopic (exact) mass is 306 g/mol. The Kier molecular flexibility index (Phi) is 4.26. The van der Waals surface area contributed by atoms with Crippen LogP contribution < -0.4 is 9.47 Å². The summed E-state index contributed by atoms with van der Waals surface area (Å²) < 4.78 is 10.8. The van der Waals surface area contributed by atoms with Gasteiger partial charge in [0.05, 0.1) is 14.2 Å². The zero-order valence-corrected chi connectivity index (χ0v) is 12.0. The highest BCUT2D eigenvalue weighted by atomic mass is 79.9. The Bertz CT molecular complexity index is 538. The van der Waals surface area contributed by atoms with Crippen molar-refractivity contribution in [1.29, 1.82) is 0 Å². The molecule has 0 aliphatic rings. The zero-order valence-electron chi connectivity index (χ0n) is 10.4. The van der Waals surface area contributed by atoms with Crippen molar-refractivity contribution < 1.29 is 9.47 Å². The van der Waals surface area contributed by atoms with Crippen LogP contribution in [-0.4, -0.2) is 14.2 Å². The van der Waals surface area contributed by atoms with Crippen LogP contribution in [0.15, 0.2) is 42.5 Å². The molecule has 18 heavy (non-hydrogen) atoms. The van der Waals surface area contributed by atoms with Gasteiger partial charge in [0, 0.05) is 16.5 Å². The maximum atomic E-state index is 5.52. The lowest BCUT2D eigenvalue weighted by atomic mass is 10.0. The van der Waals surface area contributed by atoms with Crippen LogP contribution in [0.2, 0.25) is 0 Å². The molecule has 2 aromatic carbocycles. The summed E-state index contributed by atoms with van der Waals surface area (Å²) in [5.41, 5.74) is 3.31. The van der Waals surface area contributed by atoms with Gasteiger partial charge >= 0.3 is 0 Å². The van der Waals surface area contributed by atoms with Crippen molar-refractivity contribution in [2.75, 3.05) is 14.2 Å². The molecule has 2 aromatic rings. The molecule has 0 saturated heterocycles. The third-order valence-electron chi connectivity index (χ3n) is 2.83. The molecule has 0 unspecified atom stereocenters. The number of halogens is 1. The van der Waals surface area contributed by atoms with Gasteiger partial charge in [0.1, 0.15) is 11.5 Å². The van der Waals surface area contributed by atoms with Crippen molar-refractivity contribution in [3.05, 3.63) is 48.0 Å². The van der Waals surface area contributed by atoms with E-state index in [9.17, 15) is 0 Å². The first-order chi connectivity index (χ1) is 8.80. The van der Waals surface area contributed by atoms with Crippen LogP contribution in [0.1, 0.15) is 5.56 Å². The molecule has 0 aromatic heterocycles. The molecule has 0 bridgehead atoms. The number of alkyl halides is 1. The zero-order chi connectivity index (χ0) is 13.0. The molecular formula is C15H15BrO2. The van der Waals surface area contributed by atoms with Crippen LogP contribution in [-0.2, 0) is 5.33 Å². The Morgan fingerprint density at radius 3 is 2.44 bits per heavy atom. The second kappa shape index (κ2) is 5.91. The summed E-state index contributed by atoms with van der Waals surface area (Å²) in [6.07, 6.45) is 0.